The van der Waals surface area contributed by atoms with Crippen LogP contribution in [0.5, 0.6) is 11.5 Å². The Bertz CT molecular complexity index is 1970. The van der Waals surface area contributed by atoms with Gasteiger partial charge in [0.15, 0.2) is 0 Å². The van der Waals surface area contributed by atoms with E-state index in [0.717, 1.165) is 0 Å². The summed E-state index contributed by atoms with van der Waals surface area (Å²) in [5.74, 6) is 0.899. The molecule has 8 rings (SSSR count). The smallest absolute Gasteiger partial charge is 0.243 e. The fourth-order valence-electron chi connectivity index (χ4n) is 5.06. The zero-order chi connectivity index (χ0) is 34.3. The number of carbonyl (C=O) groups excluding carboxylic acids is 4. The summed E-state index contributed by atoms with van der Waals surface area (Å²) in [6, 6.07) is 20.8. The lowest BCUT2D eigenvalue weighted by atomic mass is 9.93. The average Bonchev–Trinajstić information content (AvgIpc) is 3.16. The van der Waals surface area contributed by atoms with Crippen LogP contribution in [0.3, 0.4) is 0 Å². The summed E-state index contributed by atoms with van der Waals surface area (Å²) in [7, 11) is 0. The van der Waals surface area contributed by atoms with Crippen LogP contribution >= 0.6 is 23.5 Å². The van der Waals surface area contributed by atoms with Gasteiger partial charge in [-0.15, -0.1) is 23.5 Å². The molecule has 11 nitrogen and oxygen atoms in total. The number of aliphatic hydroxyl groups excluding tert-OH is 1. The SMILES string of the molecule is O=C1C(=O)c2ccccc2C2=C1SCC(CO)O2.O=C1C(=O)c2ccccc2C2=C1SCC(COc1cccnc1)O2.Oc1cccnc1. The van der Waals surface area contributed by atoms with Crippen molar-refractivity contribution in [2.24, 2.45) is 0 Å². The number of fused-ring (bicyclic) bond motifs is 4. The van der Waals surface area contributed by atoms with Gasteiger partial charge in [0.05, 0.1) is 19.0 Å². The maximum Gasteiger partial charge on any atom is 0.243 e. The normalized spacial score (nSPS) is 19.0. The van der Waals surface area contributed by atoms with Gasteiger partial charge < -0.3 is 24.4 Å². The first kappa shape index (κ1) is 33.7. The molecule has 4 aliphatic rings. The van der Waals surface area contributed by atoms with Crippen molar-refractivity contribution in [3.63, 3.8) is 0 Å². The molecule has 2 aliphatic carbocycles. The molecule has 248 valence electrons. The van der Waals surface area contributed by atoms with Crippen molar-refractivity contribution in [1.82, 2.24) is 9.97 Å². The third-order valence-corrected chi connectivity index (χ3v) is 9.78. The van der Waals surface area contributed by atoms with Gasteiger partial charge >= 0.3 is 0 Å². The zero-order valence-electron chi connectivity index (χ0n) is 25.7. The van der Waals surface area contributed by atoms with Crippen molar-refractivity contribution in [3.05, 3.63) is 130 Å². The minimum atomic E-state index is -0.509. The first-order valence-corrected chi connectivity index (χ1v) is 17.0. The van der Waals surface area contributed by atoms with Crippen molar-refractivity contribution >= 4 is 58.2 Å². The van der Waals surface area contributed by atoms with E-state index < -0.39 is 23.1 Å². The lowest BCUT2D eigenvalue weighted by molar-refractivity contribution is -0.112. The molecule has 0 bridgehead atoms. The number of pyridine rings is 2. The predicted octanol–water partition coefficient (Wildman–Crippen LogP) is 4.76. The van der Waals surface area contributed by atoms with Gasteiger partial charge in [0.1, 0.15) is 51.6 Å². The second-order valence-electron chi connectivity index (χ2n) is 10.7. The Labute approximate surface area is 289 Å². The zero-order valence-corrected chi connectivity index (χ0v) is 27.3. The number of benzene rings is 2. The Balaban J connectivity index is 0.000000146. The standard InChI is InChI=1S/C18H13NO4S.C13H10O4S.C5H5NO/c20-15-13-5-1-2-6-14(13)17-18(16(15)21)24-10-12(23-17)9-22-11-4-3-7-19-8-11;14-5-7-6-18-13-11(16)10(15)8-3-1-2-4-9(8)12(13)17-7;7-5-2-1-3-6-4-5/h1-8,12H,9-10H2;1-4,7,14H,5-6H2;1-4,7H. The summed E-state index contributed by atoms with van der Waals surface area (Å²) in [6.45, 7) is 0.244. The summed E-state index contributed by atoms with van der Waals surface area (Å²) in [5.41, 5.74) is 2.09. The Morgan fingerprint density at radius 3 is 1.63 bits per heavy atom. The van der Waals surface area contributed by atoms with E-state index in [1.165, 1.54) is 29.7 Å². The van der Waals surface area contributed by atoms with E-state index >= 15 is 0 Å². The Morgan fingerprint density at radius 1 is 0.653 bits per heavy atom. The minimum Gasteiger partial charge on any atom is -0.506 e. The quantitative estimate of drug-likeness (QED) is 0.281. The molecule has 0 radical (unpaired) electrons. The summed E-state index contributed by atoms with van der Waals surface area (Å²) in [5, 5.41) is 17.7. The molecule has 4 heterocycles. The van der Waals surface area contributed by atoms with Gasteiger partial charge in [-0.05, 0) is 24.3 Å². The molecular formula is C36H28N2O9S2. The number of rotatable bonds is 4. The Hall–Kier alpha value is -5.24. The number of aromatic hydroxyl groups is 1. The predicted molar refractivity (Wildman–Crippen MR) is 183 cm³/mol. The van der Waals surface area contributed by atoms with Gasteiger partial charge in [-0.2, -0.15) is 0 Å². The molecule has 2 aliphatic heterocycles. The van der Waals surface area contributed by atoms with E-state index in [1.54, 1.807) is 79.3 Å². The summed E-state index contributed by atoms with van der Waals surface area (Å²) >= 11 is 2.63. The number of thioether (sulfide) groups is 2. The number of aromatic nitrogens is 2. The number of ketones is 4. The molecule has 2 aromatic heterocycles. The fourth-order valence-corrected chi connectivity index (χ4v) is 7.13. The van der Waals surface area contributed by atoms with Crippen LogP contribution in [-0.4, -0.2) is 80.2 Å². The third-order valence-electron chi connectivity index (χ3n) is 7.39. The van der Waals surface area contributed by atoms with Gasteiger partial charge in [-0.3, -0.25) is 29.1 Å². The van der Waals surface area contributed by atoms with Crippen LogP contribution in [0.1, 0.15) is 31.8 Å². The number of aliphatic hydroxyl groups is 1. The first-order chi connectivity index (χ1) is 23.9. The summed E-state index contributed by atoms with van der Waals surface area (Å²) < 4.78 is 17.3. The van der Waals surface area contributed by atoms with E-state index in [2.05, 4.69) is 9.97 Å². The Kier molecular flexibility index (Phi) is 10.5. The second kappa shape index (κ2) is 15.3. The number of carbonyl (C=O) groups is 4. The number of hydrogen-bond donors (Lipinski definition) is 2. The third kappa shape index (κ3) is 7.43. The number of ether oxygens (including phenoxy) is 3. The van der Waals surface area contributed by atoms with Crippen LogP contribution < -0.4 is 4.74 Å². The van der Waals surface area contributed by atoms with Gasteiger partial charge in [-0.25, -0.2) is 0 Å². The van der Waals surface area contributed by atoms with Crippen LogP contribution in [0, 0.1) is 0 Å². The van der Waals surface area contributed by atoms with E-state index in [4.69, 9.17) is 24.4 Å². The first-order valence-electron chi connectivity index (χ1n) is 15.0. The van der Waals surface area contributed by atoms with Gasteiger partial charge in [0, 0.05) is 46.2 Å². The van der Waals surface area contributed by atoms with E-state index in [0.29, 0.717) is 67.4 Å². The minimum absolute atomic E-state index is 0.103. The average molecular weight is 697 g/mol. The molecule has 2 atom stereocenters. The van der Waals surface area contributed by atoms with E-state index in [9.17, 15) is 19.2 Å². The molecule has 13 heteroatoms. The number of Topliss-reactive ketones (excluding diaryl/α,β-unsaturated/α-hetero) is 4. The molecular weight excluding hydrogens is 669 g/mol. The van der Waals surface area contributed by atoms with Crippen LogP contribution in [-0.2, 0) is 19.1 Å². The highest BCUT2D eigenvalue weighted by Gasteiger charge is 2.39. The molecule has 0 spiro atoms. The van der Waals surface area contributed by atoms with E-state index in [-0.39, 0.29) is 24.6 Å². The topological polar surface area (TPSA) is 162 Å². The van der Waals surface area contributed by atoms with Crippen molar-refractivity contribution in [2.75, 3.05) is 24.7 Å². The number of nitrogens with zero attached hydrogens (tertiary/aromatic N) is 2. The lowest BCUT2D eigenvalue weighted by Gasteiger charge is -2.30. The molecule has 2 unspecified atom stereocenters. The maximum atomic E-state index is 12.3. The monoisotopic (exact) mass is 696 g/mol. The van der Waals surface area contributed by atoms with Crippen molar-refractivity contribution < 1.29 is 43.6 Å². The van der Waals surface area contributed by atoms with Gasteiger partial charge in [0.25, 0.3) is 0 Å². The van der Waals surface area contributed by atoms with Gasteiger partial charge in [0.2, 0.25) is 23.1 Å². The highest BCUT2D eigenvalue weighted by atomic mass is 32.2. The maximum absolute atomic E-state index is 12.3. The highest BCUT2D eigenvalue weighted by molar-refractivity contribution is 8.04. The van der Waals surface area contributed by atoms with Crippen molar-refractivity contribution in [3.8, 4) is 11.5 Å². The number of allylic oxidation sites excluding steroid dienone is 2. The van der Waals surface area contributed by atoms with Crippen LogP contribution in [0.4, 0.5) is 0 Å². The second-order valence-corrected chi connectivity index (χ2v) is 12.8. The molecule has 0 fully saturated rings. The van der Waals surface area contributed by atoms with Crippen LogP contribution in [0.2, 0.25) is 0 Å². The summed E-state index contributed by atoms with van der Waals surface area (Å²) in [6.07, 6.45) is 5.78. The molecule has 0 saturated heterocycles. The van der Waals surface area contributed by atoms with Gasteiger partial charge in [-0.1, -0.05) is 48.5 Å². The van der Waals surface area contributed by atoms with Crippen LogP contribution in [0.15, 0.2) is 107 Å². The Morgan fingerprint density at radius 2 is 1.16 bits per heavy atom. The van der Waals surface area contributed by atoms with E-state index in [1.807, 2.05) is 12.1 Å². The highest BCUT2D eigenvalue weighted by Crippen LogP contribution is 2.41. The summed E-state index contributed by atoms with van der Waals surface area (Å²) in [4.78, 5) is 56.7. The largest absolute Gasteiger partial charge is 0.506 e. The molecule has 0 saturated carbocycles. The number of hydrogen-bond acceptors (Lipinski definition) is 13. The van der Waals surface area contributed by atoms with Crippen LogP contribution in [0.25, 0.3) is 11.5 Å². The molecule has 4 aromatic rings. The van der Waals surface area contributed by atoms with Crippen molar-refractivity contribution in [2.45, 2.75) is 12.2 Å². The molecule has 2 N–H and O–H groups in total. The molecule has 0 amide bonds. The lowest BCUT2D eigenvalue weighted by Crippen LogP contribution is -2.32. The fraction of sp³-hybridized carbons (Fsp3) is 0.167. The molecule has 49 heavy (non-hydrogen) atoms. The van der Waals surface area contributed by atoms with Crippen molar-refractivity contribution in [1.29, 1.82) is 0 Å². The molecule has 2 aromatic carbocycles.